The monoisotopic (exact) mass is 237 g/mol. The zero-order valence-electron chi connectivity index (χ0n) is 7.43. The third kappa shape index (κ3) is 1.52. The molecule has 0 spiro atoms. The SMILES string of the molecule is CC1=CC2=C([C+]=C1)CCC(Br)C2=O. The van der Waals surface area contributed by atoms with Gasteiger partial charge >= 0.3 is 0 Å². The van der Waals surface area contributed by atoms with E-state index in [-0.39, 0.29) is 10.6 Å². The van der Waals surface area contributed by atoms with Gasteiger partial charge in [-0.2, -0.15) is 0 Å². The molecule has 2 aliphatic rings. The van der Waals surface area contributed by atoms with Gasteiger partial charge in [-0.3, -0.25) is 4.79 Å². The molecule has 0 radical (unpaired) electrons. The first-order valence-corrected chi connectivity index (χ1v) is 5.29. The van der Waals surface area contributed by atoms with E-state index >= 15 is 0 Å². The van der Waals surface area contributed by atoms with Crippen molar-refractivity contribution in [2.24, 2.45) is 0 Å². The van der Waals surface area contributed by atoms with Crippen molar-refractivity contribution in [2.75, 3.05) is 0 Å². The van der Waals surface area contributed by atoms with Crippen LogP contribution in [0.4, 0.5) is 0 Å². The van der Waals surface area contributed by atoms with E-state index < -0.39 is 0 Å². The molecule has 1 unspecified atom stereocenters. The lowest BCUT2D eigenvalue weighted by Gasteiger charge is -2.14. The van der Waals surface area contributed by atoms with E-state index in [1.165, 1.54) is 0 Å². The van der Waals surface area contributed by atoms with Crippen molar-refractivity contribution in [2.45, 2.75) is 24.6 Å². The number of rotatable bonds is 0. The smallest absolute Gasteiger partial charge is 0.232 e. The lowest BCUT2D eigenvalue weighted by atomic mass is 9.86. The van der Waals surface area contributed by atoms with Gasteiger partial charge < -0.3 is 0 Å². The molecular formula is C11H10BrO+. The molecule has 66 valence electrons. The van der Waals surface area contributed by atoms with Crippen LogP contribution in [-0.4, -0.2) is 10.6 Å². The fourth-order valence-corrected chi connectivity index (χ4v) is 2.11. The first-order chi connectivity index (χ1) is 6.18. The van der Waals surface area contributed by atoms with E-state index in [0.29, 0.717) is 0 Å². The summed E-state index contributed by atoms with van der Waals surface area (Å²) in [4.78, 5) is 11.7. The fourth-order valence-electron chi connectivity index (χ4n) is 1.63. The largest absolute Gasteiger partial charge is 0.277 e. The van der Waals surface area contributed by atoms with E-state index in [1.54, 1.807) is 0 Å². The molecule has 0 saturated heterocycles. The first-order valence-electron chi connectivity index (χ1n) is 4.38. The Balaban J connectivity index is 2.44. The van der Waals surface area contributed by atoms with Crippen LogP contribution >= 0.6 is 15.9 Å². The van der Waals surface area contributed by atoms with E-state index in [4.69, 9.17) is 0 Å². The average molecular weight is 238 g/mol. The van der Waals surface area contributed by atoms with Crippen molar-refractivity contribution in [3.8, 4) is 0 Å². The molecule has 0 aromatic heterocycles. The van der Waals surface area contributed by atoms with Crippen LogP contribution < -0.4 is 0 Å². The van der Waals surface area contributed by atoms with E-state index in [9.17, 15) is 4.79 Å². The van der Waals surface area contributed by atoms with Crippen LogP contribution in [-0.2, 0) is 4.79 Å². The summed E-state index contributed by atoms with van der Waals surface area (Å²) in [5, 5.41) is 0. The van der Waals surface area contributed by atoms with Crippen molar-refractivity contribution in [3.05, 3.63) is 34.9 Å². The average Bonchev–Trinajstić information content (AvgIpc) is 2.12. The van der Waals surface area contributed by atoms with Gasteiger partial charge in [0.1, 0.15) is 17.2 Å². The van der Waals surface area contributed by atoms with Gasteiger partial charge in [0.15, 0.2) is 0 Å². The van der Waals surface area contributed by atoms with Crippen molar-refractivity contribution in [3.63, 3.8) is 0 Å². The third-order valence-electron chi connectivity index (χ3n) is 2.37. The number of Topliss-reactive ketones (excluding diaryl/α,β-unsaturated/α-hetero) is 1. The second-order valence-electron chi connectivity index (χ2n) is 3.44. The van der Waals surface area contributed by atoms with Crippen molar-refractivity contribution in [1.82, 2.24) is 0 Å². The molecule has 0 aromatic rings. The molecule has 1 nitrogen and oxygen atoms in total. The molecule has 13 heavy (non-hydrogen) atoms. The number of hydrogen-bond donors (Lipinski definition) is 0. The van der Waals surface area contributed by atoms with Gasteiger partial charge in [0.25, 0.3) is 0 Å². The molecule has 0 aromatic carbocycles. The number of halogens is 1. The van der Waals surface area contributed by atoms with E-state index in [2.05, 4.69) is 22.0 Å². The minimum atomic E-state index is 0.00944. The zero-order chi connectivity index (χ0) is 9.42. The predicted octanol–water partition coefficient (Wildman–Crippen LogP) is 2.73. The van der Waals surface area contributed by atoms with E-state index in [1.807, 2.05) is 19.1 Å². The van der Waals surface area contributed by atoms with Crippen molar-refractivity contribution in [1.29, 1.82) is 0 Å². The molecule has 1 atom stereocenters. The number of carbonyl (C=O) groups is 1. The Bertz CT molecular complexity index is 347. The number of alkyl halides is 1. The molecule has 0 bridgehead atoms. The fraction of sp³-hybridized carbons (Fsp3) is 0.364. The minimum Gasteiger partial charge on any atom is -0.277 e. The van der Waals surface area contributed by atoms with E-state index in [0.717, 1.165) is 29.6 Å². The summed E-state index contributed by atoms with van der Waals surface area (Å²) in [7, 11) is 0. The van der Waals surface area contributed by atoms with Gasteiger partial charge in [0.2, 0.25) is 5.78 Å². The number of ketones is 1. The molecule has 0 amide bonds. The Hall–Kier alpha value is -0.720. The summed E-state index contributed by atoms with van der Waals surface area (Å²) in [6, 6.07) is 0. The second kappa shape index (κ2) is 3.21. The van der Waals surface area contributed by atoms with Gasteiger partial charge in [0.05, 0.1) is 16.5 Å². The Labute approximate surface area is 86.3 Å². The van der Waals surface area contributed by atoms with Crippen LogP contribution in [0.15, 0.2) is 28.9 Å². The van der Waals surface area contributed by atoms with Gasteiger partial charge in [-0.15, -0.1) is 0 Å². The highest BCUT2D eigenvalue weighted by Crippen LogP contribution is 2.30. The highest BCUT2D eigenvalue weighted by molar-refractivity contribution is 9.10. The summed E-state index contributed by atoms with van der Waals surface area (Å²) in [6.07, 6.45) is 8.92. The Morgan fingerprint density at radius 1 is 1.62 bits per heavy atom. The normalized spacial score (nSPS) is 26.8. The molecule has 0 heterocycles. The Morgan fingerprint density at radius 3 is 3.15 bits per heavy atom. The van der Waals surface area contributed by atoms with Crippen LogP contribution in [0.5, 0.6) is 0 Å². The summed E-state index contributed by atoms with van der Waals surface area (Å²) >= 11 is 3.38. The molecule has 2 rings (SSSR count). The molecule has 2 aliphatic carbocycles. The molecule has 0 saturated carbocycles. The van der Waals surface area contributed by atoms with Gasteiger partial charge in [-0.25, -0.2) is 0 Å². The zero-order valence-corrected chi connectivity index (χ0v) is 9.02. The summed E-state index contributed by atoms with van der Waals surface area (Å²) in [5.41, 5.74) is 3.04. The van der Waals surface area contributed by atoms with Crippen molar-refractivity contribution >= 4 is 21.7 Å². The first kappa shape index (κ1) is 8.86. The standard InChI is InChI=1S/C11H10BrO/c1-7-2-3-8-4-5-10(12)11(13)9(8)6-7/h2,6,10H,4-5H2,1H3/q+1. The van der Waals surface area contributed by atoms with Gasteiger partial charge in [-0.1, -0.05) is 15.9 Å². The third-order valence-corrected chi connectivity index (χ3v) is 3.24. The highest BCUT2D eigenvalue weighted by Gasteiger charge is 2.33. The number of allylic oxidation sites excluding steroid dienone is 6. The summed E-state index contributed by atoms with van der Waals surface area (Å²) < 4.78 is 0. The maximum absolute atomic E-state index is 11.7. The quantitative estimate of drug-likeness (QED) is 0.468. The summed E-state index contributed by atoms with van der Waals surface area (Å²) in [6.45, 7) is 1.99. The molecule has 0 N–H and O–H groups in total. The maximum Gasteiger partial charge on any atom is 0.232 e. The van der Waals surface area contributed by atoms with Crippen LogP contribution in [0, 0.1) is 6.08 Å². The summed E-state index contributed by atoms with van der Waals surface area (Å²) in [5.74, 6) is 0.209. The topological polar surface area (TPSA) is 17.1 Å². The van der Waals surface area contributed by atoms with Crippen LogP contribution in [0.1, 0.15) is 19.8 Å². The van der Waals surface area contributed by atoms with Crippen LogP contribution in [0.2, 0.25) is 0 Å². The minimum absolute atomic E-state index is 0.00944. The Morgan fingerprint density at radius 2 is 2.38 bits per heavy atom. The molecule has 0 fully saturated rings. The highest BCUT2D eigenvalue weighted by atomic mass is 79.9. The van der Waals surface area contributed by atoms with Gasteiger partial charge in [0, 0.05) is 19.4 Å². The van der Waals surface area contributed by atoms with Crippen molar-refractivity contribution < 1.29 is 4.79 Å². The van der Waals surface area contributed by atoms with Crippen LogP contribution in [0.3, 0.4) is 0 Å². The maximum atomic E-state index is 11.7. The molecule has 0 aliphatic heterocycles. The number of hydrogen-bond acceptors (Lipinski definition) is 1. The molecular weight excluding hydrogens is 228 g/mol. The van der Waals surface area contributed by atoms with Gasteiger partial charge in [-0.05, 0) is 6.42 Å². The lowest BCUT2D eigenvalue weighted by Crippen LogP contribution is -2.22. The predicted molar refractivity (Wildman–Crippen MR) is 55.6 cm³/mol. The lowest BCUT2D eigenvalue weighted by molar-refractivity contribution is -0.115. The van der Waals surface area contributed by atoms with Crippen LogP contribution in [0.25, 0.3) is 0 Å². The molecule has 2 heteroatoms. The second-order valence-corrected chi connectivity index (χ2v) is 4.55. The number of carbonyl (C=O) groups excluding carboxylic acids is 1. The Kier molecular flexibility index (Phi) is 2.19.